The standard InChI is InChI=1S/C54H30F3N11/c55-54(56,57)38-7-1-6-32(24-38)43-30-49(68-46-27-35(52-63-20-4-21-64-52)10-14-41(46)42-15-11-36(28-47(42)68)53-65-22-5-23-66-53)48(29-37(43)31-58)67-44-25-33(50-59-16-2-17-60-50)8-12-39(44)40-13-9-34(26-45(40)67)51-61-18-3-19-62-51/h1-30H. The van der Waals surface area contributed by atoms with Gasteiger partial charge in [-0.2, -0.15) is 18.4 Å². The summed E-state index contributed by atoms with van der Waals surface area (Å²) in [7, 11) is 0. The first-order valence-electron chi connectivity index (χ1n) is 21.3. The van der Waals surface area contributed by atoms with Gasteiger partial charge in [-0.3, -0.25) is 0 Å². The minimum atomic E-state index is -4.63. The minimum absolute atomic E-state index is 0.153. The van der Waals surface area contributed by atoms with Crippen molar-refractivity contribution in [2.75, 3.05) is 0 Å². The summed E-state index contributed by atoms with van der Waals surface area (Å²) in [6.07, 6.45) is 8.83. The highest BCUT2D eigenvalue weighted by Gasteiger charge is 2.31. The molecule has 0 atom stereocenters. The minimum Gasteiger partial charge on any atom is -0.307 e. The van der Waals surface area contributed by atoms with Crippen molar-refractivity contribution in [3.05, 3.63) is 194 Å². The van der Waals surface area contributed by atoms with E-state index in [-0.39, 0.29) is 11.1 Å². The fourth-order valence-corrected chi connectivity index (χ4v) is 9.03. The summed E-state index contributed by atoms with van der Waals surface area (Å²) in [5, 5.41) is 14.6. The van der Waals surface area contributed by atoms with Gasteiger partial charge in [0.1, 0.15) is 0 Å². The number of aromatic nitrogens is 10. The molecule has 12 rings (SSSR count). The fraction of sp³-hybridized carbons (Fsp3) is 0.0185. The molecule has 68 heavy (non-hydrogen) atoms. The number of alkyl halides is 3. The maximum Gasteiger partial charge on any atom is 0.416 e. The van der Waals surface area contributed by atoms with Crippen LogP contribution in [0.1, 0.15) is 11.1 Å². The largest absolute Gasteiger partial charge is 0.416 e. The van der Waals surface area contributed by atoms with Crippen LogP contribution < -0.4 is 0 Å². The van der Waals surface area contributed by atoms with E-state index < -0.39 is 11.7 Å². The van der Waals surface area contributed by atoms with E-state index >= 15 is 0 Å². The third-order valence-electron chi connectivity index (χ3n) is 12.0. The molecule has 0 aliphatic rings. The number of fused-ring (bicyclic) bond motifs is 6. The Labute approximate surface area is 384 Å². The third kappa shape index (κ3) is 6.76. The maximum absolute atomic E-state index is 14.4. The van der Waals surface area contributed by atoms with Crippen molar-refractivity contribution in [2.45, 2.75) is 6.18 Å². The molecule has 0 radical (unpaired) electrons. The van der Waals surface area contributed by atoms with Gasteiger partial charge in [0.2, 0.25) is 0 Å². The van der Waals surface area contributed by atoms with Gasteiger partial charge >= 0.3 is 6.18 Å². The summed E-state index contributed by atoms with van der Waals surface area (Å²) in [5.41, 5.74) is 6.90. The molecule has 14 heteroatoms. The predicted molar refractivity (Wildman–Crippen MR) is 254 cm³/mol. The number of nitrogens with zero attached hydrogens (tertiary/aromatic N) is 11. The Kier molecular flexibility index (Phi) is 9.36. The van der Waals surface area contributed by atoms with Gasteiger partial charge in [0.15, 0.2) is 23.3 Å². The van der Waals surface area contributed by atoms with Crippen LogP contribution in [0.2, 0.25) is 0 Å². The quantitative estimate of drug-likeness (QED) is 0.153. The summed E-state index contributed by atoms with van der Waals surface area (Å²) in [6, 6.07) is 42.0. The SMILES string of the molecule is N#Cc1cc(-n2c3cc(-c4ncccn4)ccc3c3ccc(-c4ncccn4)cc32)c(-n2c3cc(-c4ncccn4)ccc3c3ccc(-c4ncccn4)cc32)cc1-c1cccc(C(F)(F)F)c1. The van der Waals surface area contributed by atoms with Gasteiger partial charge in [-0.1, -0.05) is 60.7 Å². The van der Waals surface area contributed by atoms with Gasteiger partial charge in [0.05, 0.1) is 50.6 Å². The molecular formula is C54H30F3N11. The molecule has 0 amide bonds. The second-order valence-electron chi connectivity index (χ2n) is 16.0. The van der Waals surface area contributed by atoms with Gasteiger partial charge in [0.25, 0.3) is 0 Å². The number of hydrogen-bond acceptors (Lipinski definition) is 9. The first-order valence-corrected chi connectivity index (χ1v) is 21.3. The number of rotatable bonds is 7. The Morgan fingerprint density at radius 1 is 0.382 bits per heavy atom. The smallest absolute Gasteiger partial charge is 0.307 e. The van der Waals surface area contributed by atoms with Crippen LogP contribution in [0.15, 0.2) is 183 Å². The van der Waals surface area contributed by atoms with E-state index in [0.29, 0.717) is 40.2 Å². The van der Waals surface area contributed by atoms with E-state index in [1.807, 2.05) is 78.9 Å². The Morgan fingerprint density at radius 2 is 0.735 bits per heavy atom. The molecule has 0 unspecified atom stereocenters. The highest BCUT2D eigenvalue weighted by Crippen LogP contribution is 2.44. The van der Waals surface area contributed by atoms with E-state index in [1.165, 1.54) is 6.07 Å². The zero-order valence-corrected chi connectivity index (χ0v) is 35.4. The molecule has 0 aliphatic carbocycles. The second-order valence-corrected chi connectivity index (χ2v) is 16.0. The van der Waals surface area contributed by atoms with Crippen LogP contribution >= 0.6 is 0 Å². The summed E-state index contributed by atoms with van der Waals surface area (Å²) < 4.78 is 47.4. The van der Waals surface area contributed by atoms with Crippen molar-refractivity contribution >= 4 is 43.6 Å². The van der Waals surface area contributed by atoms with Crippen LogP contribution in [0.5, 0.6) is 0 Å². The molecule has 0 spiro atoms. The Balaban J connectivity index is 1.26. The van der Waals surface area contributed by atoms with E-state index in [1.54, 1.807) is 86.0 Å². The highest BCUT2D eigenvalue weighted by atomic mass is 19.4. The van der Waals surface area contributed by atoms with E-state index in [4.69, 9.17) is 0 Å². The number of nitriles is 1. The molecule has 6 aromatic heterocycles. The lowest BCUT2D eigenvalue weighted by atomic mass is 9.96. The van der Waals surface area contributed by atoms with E-state index in [2.05, 4.69) is 55.1 Å². The van der Waals surface area contributed by atoms with Crippen molar-refractivity contribution in [1.29, 1.82) is 5.26 Å². The Bertz CT molecular complexity index is 3770. The van der Waals surface area contributed by atoms with Crippen LogP contribution in [-0.2, 0) is 6.18 Å². The molecule has 0 aliphatic heterocycles. The number of benzene rings is 6. The van der Waals surface area contributed by atoms with Crippen LogP contribution in [0.3, 0.4) is 0 Å². The van der Waals surface area contributed by atoms with Gasteiger partial charge < -0.3 is 9.13 Å². The van der Waals surface area contributed by atoms with E-state index in [9.17, 15) is 18.4 Å². The summed E-state index contributed by atoms with van der Waals surface area (Å²) in [6.45, 7) is 0. The third-order valence-corrected chi connectivity index (χ3v) is 12.0. The topological polar surface area (TPSA) is 137 Å². The van der Waals surface area contributed by atoms with Gasteiger partial charge in [-0.25, -0.2) is 39.9 Å². The summed E-state index contributed by atoms with van der Waals surface area (Å²) in [5.74, 6) is 2.03. The average molecular weight is 890 g/mol. The van der Waals surface area contributed by atoms with Crippen molar-refractivity contribution in [3.8, 4) is 74.1 Å². The molecule has 0 bridgehead atoms. The van der Waals surface area contributed by atoms with E-state index in [0.717, 1.165) is 78.0 Å². The summed E-state index contributed by atoms with van der Waals surface area (Å²) >= 11 is 0. The predicted octanol–water partition coefficient (Wildman–Crippen LogP) is 12.3. The van der Waals surface area contributed by atoms with Crippen molar-refractivity contribution < 1.29 is 13.2 Å². The van der Waals surface area contributed by atoms with Crippen LogP contribution in [-0.4, -0.2) is 49.0 Å². The molecule has 0 N–H and O–H groups in total. The lowest BCUT2D eigenvalue weighted by Crippen LogP contribution is -2.07. The zero-order chi connectivity index (χ0) is 45.9. The number of halogens is 3. The first-order chi connectivity index (χ1) is 33.3. The second kappa shape index (κ2) is 15.9. The molecule has 6 aromatic carbocycles. The lowest BCUT2D eigenvalue weighted by molar-refractivity contribution is -0.137. The summed E-state index contributed by atoms with van der Waals surface area (Å²) in [4.78, 5) is 36.6. The molecule has 12 aromatic rings. The Hall–Kier alpha value is -9.48. The lowest BCUT2D eigenvalue weighted by Gasteiger charge is -2.20. The molecular weight excluding hydrogens is 860 g/mol. The van der Waals surface area contributed by atoms with Crippen LogP contribution in [0, 0.1) is 11.3 Å². The average Bonchev–Trinajstić information content (AvgIpc) is 3.90. The number of hydrogen-bond donors (Lipinski definition) is 0. The fourth-order valence-electron chi connectivity index (χ4n) is 9.03. The Morgan fingerprint density at radius 3 is 1.07 bits per heavy atom. The van der Waals surface area contributed by atoms with Crippen molar-refractivity contribution in [3.63, 3.8) is 0 Å². The van der Waals surface area contributed by atoms with Crippen molar-refractivity contribution in [1.82, 2.24) is 49.0 Å². The highest BCUT2D eigenvalue weighted by molar-refractivity contribution is 6.13. The van der Waals surface area contributed by atoms with Crippen LogP contribution in [0.4, 0.5) is 13.2 Å². The van der Waals surface area contributed by atoms with Gasteiger partial charge in [0, 0.05) is 98.9 Å². The normalized spacial score (nSPS) is 11.7. The molecule has 0 fully saturated rings. The van der Waals surface area contributed by atoms with Gasteiger partial charge in [-0.05, 0) is 78.4 Å². The molecule has 6 heterocycles. The molecule has 0 saturated carbocycles. The molecule has 11 nitrogen and oxygen atoms in total. The monoisotopic (exact) mass is 889 g/mol. The maximum atomic E-state index is 14.4. The first kappa shape index (κ1) is 40.1. The van der Waals surface area contributed by atoms with Crippen molar-refractivity contribution in [2.24, 2.45) is 0 Å². The van der Waals surface area contributed by atoms with Gasteiger partial charge in [-0.15, -0.1) is 0 Å². The van der Waals surface area contributed by atoms with Crippen LogP contribution in [0.25, 0.3) is 112 Å². The molecule has 0 saturated heterocycles. The molecule has 322 valence electrons. The zero-order valence-electron chi connectivity index (χ0n) is 35.4.